The molecule has 2 saturated heterocycles. The molecule has 5 heterocycles. The maximum absolute atomic E-state index is 13.6. The number of cyclic esters (lactones) is 1. The van der Waals surface area contributed by atoms with E-state index < -0.39 is 0 Å². The second-order valence-electron chi connectivity index (χ2n) is 12.2. The van der Waals surface area contributed by atoms with Crippen molar-refractivity contribution in [3.63, 3.8) is 0 Å². The van der Waals surface area contributed by atoms with Crippen molar-refractivity contribution in [3.8, 4) is 17.3 Å². The normalized spacial score (nSPS) is 21.2. The number of nitrogens with zero attached hydrogens (tertiary/aromatic N) is 5. The first-order chi connectivity index (χ1) is 21.0. The molecule has 2 saturated carbocycles. The van der Waals surface area contributed by atoms with Crippen LogP contribution in [0.4, 0.5) is 4.79 Å². The molecule has 0 unspecified atom stereocenters. The van der Waals surface area contributed by atoms with Gasteiger partial charge in [-0.2, -0.15) is 0 Å². The molecule has 8 rings (SSSR count). The summed E-state index contributed by atoms with van der Waals surface area (Å²) in [6.45, 7) is 3.61. The summed E-state index contributed by atoms with van der Waals surface area (Å²) in [6.07, 6.45) is 6.57. The van der Waals surface area contributed by atoms with Crippen LogP contribution in [0.15, 0.2) is 23.6 Å². The monoisotopic (exact) mass is 604 g/mol. The number of carbonyl (C=O) groups is 2. The number of fused-ring (bicyclic) bond motifs is 4. The van der Waals surface area contributed by atoms with E-state index >= 15 is 0 Å². The summed E-state index contributed by atoms with van der Waals surface area (Å²) in [5.41, 5.74) is 10.4. The quantitative estimate of drug-likeness (QED) is 0.308. The number of hydrogen-bond donors (Lipinski definition) is 1. The van der Waals surface area contributed by atoms with Gasteiger partial charge in [-0.3, -0.25) is 4.79 Å². The number of hydrogen-bond acceptors (Lipinski definition) is 7. The molecule has 228 valence electrons. The largest absolute Gasteiger partial charge is 0.494 e. The Labute approximate surface area is 255 Å². The summed E-state index contributed by atoms with van der Waals surface area (Å²) in [5, 5.41) is 2.24. The second kappa shape index (κ2) is 11.2. The van der Waals surface area contributed by atoms with E-state index in [1.54, 1.807) is 23.3 Å². The smallest absolute Gasteiger partial charge is 0.409 e. The number of carbonyl (C=O) groups excluding carboxylic acids is 2. The molecule has 3 aromatic heterocycles. The average Bonchev–Trinajstić information content (AvgIpc) is 3.57. The Morgan fingerprint density at radius 3 is 2.67 bits per heavy atom. The third kappa shape index (κ3) is 4.86. The van der Waals surface area contributed by atoms with Crippen LogP contribution in [0.1, 0.15) is 48.0 Å². The molecule has 4 aliphatic rings. The zero-order valence-corrected chi connectivity index (χ0v) is 26.0. The van der Waals surface area contributed by atoms with Crippen molar-refractivity contribution in [1.29, 1.82) is 0 Å². The lowest BCUT2D eigenvalue weighted by Crippen LogP contribution is -2.37. The van der Waals surface area contributed by atoms with Crippen molar-refractivity contribution in [3.05, 3.63) is 34.7 Å². The predicted molar refractivity (Wildman–Crippen MR) is 168 cm³/mol. The van der Waals surface area contributed by atoms with E-state index in [9.17, 15) is 9.59 Å². The Balaban J connectivity index is 0.00000147. The third-order valence-corrected chi connectivity index (χ3v) is 10.6. The number of ether oxygens (including phenoxy) is 2. The van der Waals surface area contributed by atoms with Gasteiger partial charge >= 0.3 is 6.09 Å². The molecule has 2 atom stereocenters. The number of rotatable bonds is 8. The van der Waals surface area contributed by atoms with Crippen LogP contribution in [0.5, 0.6) is 5.75 Å². The first-order valence-corrected chi connectivity index (χ1v) is 16.3. The van der Waals surface area contributed by atoms with Crippen LogP contribution in [-0.2, 0) is 24.8 Å². The Morgan fingerprint density at radius 2 is 2.00 bits per heavy atom. The molecule has 4 aromatic rings. The molecule has 1 aromatic carbocycles. The standard InChI is InChI=1S/C31H35N5O4S.CH5N/c1-33-28-23(12-21(13-25(28)39-2)30(37)35-16-19-5-6-22(35)11-19)32-29(33)24-14-26-27(36(24)15-18-3-4-18)20(17-41-26)7-8-34-9-10-40-31(34)38;1-2/h12-14,17-19,22H,3-11,15-16H2,1-2H3;2H2,1H3/t19-,22+;/m0./s1. The Kier molecular flexibility index (Phi) is 7.33. The molecular weight excluding hydrogens is 564 g/mol. The van der Waals surface area contributed by atoms with E-state index in [-0.39, 0.29) is 12.0 Å². The van der Waals surface area contributed by atoms with Crippen LogP contribution in [0.25, 0.3) is 32.8 Å². The van der Waals surface area contributed by atoms with Gasteiger partial charge in [-0.05, 0) is 86.6 Å². The summed E-state index contributed by atoms with van der Waals surface area (Å²) in [5.74, 6) is 2.97. The van der Waals surface area contributed by atoms with E-state index in [0.29, 0.717) is 48.9 Å². The minimum Gasteiger partial charge on any atom is -0.494 e. The summed E-state index contributed by atoms with van der Waals surface area (Å²) < 4.78 is 16.8. The first kappa shape index (κ1) is 28.2. The van der Waals surface area contributed by atoms with Gasteiger partial charge in [0.25, 0.3) is 5.91 Å². The lowest BCUT2D eigenvalue weighted by Gasteiger charge is -2.27. The van der Waals surface area contributed by atoms with Gasteiger partial charge in [-0.25, -0.2) is 9.78 Å². The van der Waals surface area contributed by atoms with Crippen molar-refractivity contribution >= 4 is 44.6 Å². The third-order valence-electron chi connectivity index (χ3n) is 9.63. The van der Waals surface area contributed by atoms with Crippen molar-refractivity contribution < 1.29 is 19.1 Å². The fourth-order valence-electron chi connectivity index (χ4n) is 7.29. The van der Waals surface area contributed by atoms with Crippen LogP contribution < -0.4 is 10.5 Å². The molecular formula is C32H40N6O4S. The van der Waals surface area contributed by atoms with Crippen molar-refractivity contribution in [2.75, 3.05) is 40.4 Å². The zero-order chi connectivity index (χ0) is 29.8. The minimum absolute atomic E-state index is 0.0914. The van der Waals surface area contributed by atoms with Crippen molar-refractivity contribution in [1.82, 2.24) is 23.9 Å². The molecule has 2 aliphatic heterocycles. The van der Waals surface area contributed by atoms with Crippen LogP contribution >= 0.6 is 11.3 Å². The number of methoxy groups -OCH3 is 1. The van der Waals surface area contributed by atoms with Gasteiger partial charge in [0.05, 0.1) is 35.1 Å². The lowest BCUT2D eigenvalue weighted by atomic mass is 10.1. The van der Waals surface area contributed by atoms with Crippen LogP contribution in [0.2, 0.25) is 0 Å². The average molecular weight is 605 g/mol. The summed E-state index contributed by atoms with van der Waals surface area (Å²) in [6, 6.07) is 6.48. The first-order valence-electron chi connectivity index (χ1n) is 15.4. The fourth-order valence-corrected chi connectivity index (χ4v) is 8.32. The highest BCUT2D eigenvalue weighted by atomic mass is 32.1. The zero-order valence-electron chi connectivity index (χ0n) is 25.2. The number of amides is 2. The number of imidazole rings is 1. The Hall–Kier alpha value is -3.57. The van der Waals surface area contributed by atoms with E-state index in [1.807, 2.05) is 19.2 Å². The van der Waals surface area contributed by atoms with Gasteiger partial charge in [0.2, 0.25) is 0 Å². The molecule has 43 heavy (non-hydrogen) atoms. The number of piperidine rings is 1. The summed E-state index contributed by atoms with van der Waals surface area (Å²) in [7, 11) is 5.21. The van der Waals surface area contributed by atoms with E-state index in [1.165, 1.54) is 42.1 Å². The molecule has 4 fully saturated rings. The van der Waals surface area contributed by atoms with Gasteiger partial charge in [-0.1, -0.05) is 0 Å². The molecule has 0 radical (unpaired) electrons. The number of aryl methyl sites for hydroxylation is 1. The Bertz CT molecular complexity index is 1700. The van der Waals surface area contributed by atoms with Crippen molar-refractivity contribution in [2.45, 2.75) is 51.1 Å². The Morgan fingerprint density at radius 1 is 1.16 bits per heavy atom. The van der Waals surface area contributed by atoms with Gasteiger partial charge < -0.3 is 34.1 Å². The lowest BCUT2D eigenvalue weighted by molar-refractivity contribution is 0.0703. The number of aromatic nitrogens is 3. The number of nitrogens with two attached hydrogens (primary N) is 1. The summed E-state index contributed by atoms with van der Waals surface area (Å²) in [4.78, 5) is 34.6. The highest BCUT2D eigenvalue weighted by molar-refractivity contribution is 7.17. The SMILES string of the molecule is CN.COc1cc(C(=O)N2C[C@H]3CC[C@@H]2C3)cc2nc(-c3cc4scc(CCN5CCOC5=O)c4n3CC3CC3)n(C)c12. The van der Waals surface area contributed by atoms with E-state index in [0.717, 1.165) is 54.9 Å². The molecule has 2 amide bonds. The molecule has 2 bridgehead atoms. The predicted octanol–water partition coefficient (Wildman–Crippen LogP) is 4.87. The molecule has 0 spiro atoms. The summed E-state index contributed by atoms with van der Waals surface area (Å²) >= 11 is 1.75. The molecule has 2 aliphatic carbocycles. The number of thiophene rings is 1. The van der Waals surface area contributed by atoms with E-state index in [2.05, 4.69) is 31.2 Å². The van der Waals surface area contributed by atoms with Crippen LogP contribution in [-0.4, -0.2) is 82.4 Å². The fraction of sp³-hybridized carbons (Fsp3) is 0.531. The highest BCUT2D eigenvalue weighted by Gasteiger charge is 2.40. The van der Waals surface area contributed by atoms with E-state index in [4.69, 9.17) is 14.5 Å². The van der Waals surface area contributed by atoms with Gasteiger partial charge in [0.1, 0.15) is 17.9 Å². The second-order valence-corrected chi connectivity index (χ2v) is 13.2. The van der Waals surface area contributed by atoms with Gasteiger partial charge in [-0.15, -0.1) is 11.3 Å². The van der Waals surface area contributed by atoms with Crippen LogP contribution in [0, 0.1) is 11.8 Å². The van der Waals surface area contributed by atoms with Crippen molar-refractivity contribution in [2.24, 2.45) is 24.6 Å². The molecule has 10 nitrogen and oxygen atoms in total. The maximum atomic E-state index is 13.6. The highest BCUT2D eigenvalue weighted by Crippen LogP contribution is 2.42. The molecule has 2 N–H and O–H groups in total. The number of likely N-dealkylation sites (tertiary alicyclic amines) is 1. The topological polar surface area (TPSA) is 108 Å². The molecule has 11 heteroatoms. The van der Waals surface area contributed by atoms with Crippen LogP contribution in [0.3, 0.4) is 0 Å². The number of benzene rings is 1. The van der Waals surface area contributed by atoms with Gasteiger partial charge in [0.15, 0.2) is 5.82 Å². The van der Waals surface area contributed by atoms with Gasteiger partial charge in [0, 0.05) is 38.3 Å². The maximum Gasteiger partial charge on any atom is 0.409 e. The minimum atomic E-state index is -0.214.